The first kappa shape index (κ1) is 21.9. The molecule has 1 amide bonds. The fourth-order valence-electron chi connectivity index (χ4n) is 3.02. The molecular formula is C15H26N2O10. The topological polar surface area (TPSA) is 187 Å². The number of hydrogen-bond donors (Lipinski definition) is 7. The van der Waals surface area contributed by atoms with E-state index in [9.17, 15) is 35.1 Å². The van der Waals surface area contributed by atoms with Crippen LogP contribution in [0.3, 0.4) is 0 Å². The van der Waals surface area contributed by atoms with Gasteiger partial charge in [-0.3, -0.25) is 4.79 Å². The first-order chi connectivity index (χ1) is 12.7. The molecule has 0 aliphatic carbocycles. The maximum absolute atomic E-state index is 12.2. The third-order valence-electron chi connectivity index (χ3n) is 4.61. The highest BCUT2D eigenvalue weighted by Crippen LogP contribution is 2.23. The van der Waals surface area contributed by atoms with Crippen molar-refractivity contribution in [1.82, 2.24) is 10.6 Å². The van der Waals surface area contributed by atoms with Crippen LogP contribution in [-0.4, -0.2) is 113 Å². The highest BCUT2D eigenvalue weighted by molar-refractivity contribution is 5.76. The normalized spacial score (nSPS) is 42.0. The zero-order valence-electron chi connectivity index (χ0n) is 14.9. The molecule has 27 heavy (non-hydrogen) atoms. The van der Waals surface area contributed by atoms with E-state index >= 15 is 0 Å². The molecule has 0 spiro atoms. The number of ether oxygens (including phenoxy) is 3. The highest BCUT2D eigenvalue weighted by Gasteiger charge is 2.48. The van der Waals surface area contributed by atoms with Crippen molar-refractivity contribution < 1.29 is 49.3 Å². The number of esters is 1. The molecule has 0 aromatic carbocycles. The summed E-state index contributed by atoms with van der Waals surface area (Å²) in [5, 5.41) is 54.7. The Hall–Kier alpha value is -1.38. The van der Waals surface area contributed by atoms with Crippen molar-refractivity contribution in [2.24, 2.45) is 0 Å². The monoisotopic (exact) mass is 394 g/mol. The van der Waals surface area contributed by atoms with Crippen LogP contribution in [-0.2, 0) is 23.8 Å². The second kappa shape index (κ2) is 9.21. The Bertz CT molecular complexity index is 533. The molecule has 2 aliphatic heterocycles. The van der Waals surface area contributed by atoms with Crippen molar-refractivity contribution in [3.8, 4) is 0 Å². The second-order valence-corrected chi connectivity index (χ2v) is 6.56. The molecule has 12 nitrogen and oxygen atoms in total. The van der Waals surface area contributed by atoms with Gasteiger partial charge in [-0.2, -0.15) is 0 Å². The number of aliphatic hydroxyl groups excluding tert-OH is 5. The van der Waals surface area contributed by atoms with Gasteiger partial charge in [0, 0.05) is 20.6 Å². The minimum absolute atomic E-state index is 0.0715. The third kappa shape index (κ3) is 4.92. The summed E-state index contributed by atoms with van der Waals surface area (Å²) in [6.45, 7) is 1.02. The molecular weight excluding hydrogens is 368 g/mol. The van der Waals surface area contributed by atoms with Gasteiger partial charge in [0.15, 0.2) is 12.4 Å². The van der Waals surface area contributed by atoms with Crippen molar-refractivity contribution in [3.63, 3.8) is 0 Å². The average molecular weight is 394 g/mol. The molecule has 0 radical (unpaired) electrons. The molecule has 2 saturated heterocycles. The molecule has 7 N–H and O–H groups in total. The third-order valence-corrected chi connectivity index (χ3v) is 4.61. The Balaban J connectivity index is 1.90. The van der Waals surface area contributed by atoms with Gasteiger partial charge in [-0.05, 0) is 0 Å². The molecule has 2 aliphatic rings. The van der Waals surface area contributed by atoms with E-state index in [4.69, 9.17) is 14.2 Å². The number of carbonyl (C=O) groups excluding carboxylic acids is 2. The van der Waals surface area contributed by atoms with Crippen molar-refractivity contribution in [2.45, 2.75) is 61.9 Å². The quantitative estimate of drug-likeness (QED) is 0.214. The van der Waals surface area contributed by atoms with Crippen LogP contribution < -0.4 is 10.6 Å². The van der Waals surface area contributed by atoms with Gasteiger partial charge in [-0.25, -0.2) is 4.79 Å². The van der Waals surface area contributed by atoms with Crippen molar-refractivity contribution in [1.29, 1.82) is 0 Å². The van der Waals surface area contributed by atoms with Gasteiger partial charge in [0.05, 0.1) is 18.2 Å². The number of hydrogen-bond acceptors (Lipinski definition) is 11. The van der Waals surface area contributed by atoms with E-state index in [1.165, 1.54) is 14.0 Å². The van der Waals surface area contributed by atoms with Crippen LogP contribution in [0.1, 0.15) is 6.92 Å². The lowest BCUT2D eigenvalue weighted by atomic mass is 9.99. The van der Waals surface area contributed by atoms with Gasteiger partial charge in [-0.1, -0.05) is 0 Å². The maximum Gasteiger partial charge on any atom is 0.338 e. The first-order valence-electron chi connectivity index (χ1n) is 8.43. The van der Waals surface area contributed by atoms with Gasteiger partial charge in [-0.15, -0.1) is 0 Å². The molecule has 0 bridgehead atoms. The Labute approximate surface area is 155 Å². The fourth-order valence-corrected chi connectivity index (χ4v) is 3.02. The summed E-state index contributed by atoms with van der Waals surface area (Å²) in [5.41, 5.74) is 0. The second-order valence-electron chi connectivity index (χ2n) is 6.56. The summed E-state index contributed by atoms with van der Waals surface area (Å²) in [4.78, 5) is 23.1. The molecule has 9 atom stereocenters. The molecule has 2 rings (SSSR count). The van der Waals surface area contributed by atoms with Crippen LogP contribution in [0.15, 0.2) is 0 Å². The van der Waals surface area contributed by atoms with E-state index in [-0.39, 0.29) is 19.1 Å². The van der Waals surface area contributed by atoms with E-state index in [0.717, 1.165) is 0 Å². The minimum atomic E-state index is -1.74. The summed E-state index contributed by atoms with van der Waals surface area (Å²) in [6, 6.07) is -1.46. The zero-order valence-corrected chi connectivity index (χ0v) is 14.9. The average Bonchev–Trinajstić information content (AvgIpc) is 2.90. The summed E-state index contributed by atoms with van der Waals surface area (Å²) < 4.78 is 14.9. The predicted octanol–water partition coefficient (Wildman–Crippen LogP) is -4.82. The van der Waals surface area contributed by atoms with Crippen molar-refractivity contribution >= 4 is 11.9 Å². The lowest BCUT2D eigenvalue weighted by molar-refractivity contribution is -0.288. The van der Waals surface area contributed by atoms with Crippen LogP contribution in [0, 0.1) is 0 Å². The SMILES string of the molecule is CO[C@H]1O[C@H](C(=O)OC[C@@H]2N[C@H](CNC(C)=O)[C@@H](O)[C@@H]2O)[C@@H](O)[C@H](O)[C@H]1O. The van der Waals surface area contributed by atoms with Crippen molar-refractivity contribution in [2.75, 3.05) is 20.3 Å². The number of carbonyl (C=O) groups is 2. The van der Waals surface area contributed by atoms with Gasteiger partial charge in [0.2, 0.25) is 5.91 Å². The Morgan fingerprint density at radius 1 is 1.00 bits per heavy atom. The Kier molecular flexibility index (Phi) is 7.47. The van der Waals surface area contributed by atoms with Gasteiger partial charge >= 0.3 is 5.97 Å². The summed E-state index contributed by atoms with van der Waals surface area (Å²) in [6.07, 6.45) is -10.3. The molecule has 2 heterocycles. The van der Waals surface area contributed by atoms with Gasteiger partial charge in [0.1, 0.15) is 31.0 Å². The van der Waals surface area contributed by atoms with Crippen LogP contribution in [0.2, 0.25) is 0 Å². The smallest absolute Gasteiger partial charge is 0.338 e. The van der Waals surface area contributed by atoms with E-state index in [0.29, 0.717) is 0 Å². The van der Waals surface area contributed by atoms with E-state index in [1.807, 2.05) is 0 Å². The number of methoxy groups -OCH3 is 1. The Morgan fingerprint density at radius 2 is 1.63 bits per heavy atom. The van der Waals surface area contributed by atoms with Crippen LogP contribution in [0.5, 0.6) is 0 Å². The van der Waals surface area contributed by atoms with E-state index in [1.54, 1.807) is 0 Å². The minimum Gasteiger partial charge on any atom is -0.462 e. The molecule has 0 saturated carbocycles. The van der Waals surface area contributed by atoms with Gasteiger partial charge < -0.3 is 50.4 Å². The van der Waals surface area contributed by atoms with Crippen LogP contribution in [0.4, 0.5) is 0 Å². The van der Waals surface area contributed by atoms with Crippen LogP contribution >= 0.6 is 0 Å². The summed E-state index contributed by atoms with van der Waals surface area (Å²) in [5.74, 6) is -1.34. The van der Waals surface area contributed by atoms with Gasteiger partial charge in [0.25, 0.3) is 0 Å². The lowest BCUT2D eigenvalue weighted by Crippen LogP contribution is -2.60. The highest BCUT2D eigenvalue weighted by atomic mass is 16.7. The predicted molar refractivity (Wildman–Crippen MR) is 86.1 cm³/mol. The zero-order chi connectivity index (χ0) is 20.3. The molecule has 0 aromatic heterocycles. The van der Waals surface area contributed by atoms with E-state index < -0.39 is 61.0 Å². The standard InChI is InChI=1S/C15H26N2O10/c1-5(18)16-3-6-8(19)9(20)7(17-6)4-26-14(24)13-11(22)10(21)12(23)15(25-2)27-13/h6-13,15,17,19-23H,3-4H2,1-2H3,(H,16,18)/t6-,7+,8-,9-,10+,11+,12-,13+,15+/m1/s1. The van der Waals surface area contributed by atoms with Crippen molar-refractivity contribution in [3.05, 3.63) is 0 Å². The molecule has 12 heteroatoms. The lowest BCUT2D eigenvalue weighted by Gasteiger charge is -2.38. The number of rotatable bonds is 6. The molecule has 2 fully saturated rings. The Morgan fingerprint density at radius 3 is 2.22 bits per heavy atom. The molecule has 0 unspecified atom stereocenters. The number of aliphatic hydroxyl groups is 5. The maximum atomic E-state index is 12.2. The van der Waals surface area contributed by atoms with Crippen LogP contribution in [0.25, 0.3) is 0 Å². The number of nitrogens with one attached hydrogen (secondary N) is 2. The molecule has 0 aromatic rings. The molecule has 156 valence electrons. The fraction of sp³-hybridized carbons (Fsp3) is 0.867. The largest absolute Gasteiger partial charge is 0.462 e. The number of amides is 1. The summed E-state index contributed by atoms with van der Waals surface area (Å²) >= 11 is 0. The first-order valence-corrected chi connectivity index (χ1v) is 8.43. The van der Waals surface area contributed by atoms with E-state index in [2.05, 4.69) is 10.6 Å². The summed E-state index contributed by atoms with van der Waals surface area (Å²) in [7, 11) is 1.19.